The Kier molecular flexibility index (Phi) is 5.78. The van der Waals surface area contributed by atoms with Gasteiger partial charge in [0.25, 0.3) is 0 Å². The lowest BCUT2D eigenvalue weighted by Crippen LogP contribution is -2.33. The topological polar surface area (TPSA) is 24.1 Å². The van der Waals surface area contributed by atoms with Crippen molar-refractivity contribution < 1.29 is 8.78 Å². The van der Waals surface area contributed by atoms with Crippen LogP contribution in [0.5, 0.6) is 0 Å². The molecule has 0 amide bonds. The summed E-state index contributed by atoms with van der Waals surface area (Å²) in [6, 6.07) is 2.93. The number of rotatable bonds is 4. The fourth-order valence-electron chi connectivity index (χ4n) is 2.69. The molecule has 2 N–H and O–H groups in total. The number of hydrogen-bond donors (Lipinski definition) is 2. The highest BCUT2D eigenvalue weighted by Crippen LogP contribution is 2.24. The third-order valence-electron chi connectivity index (χ3n) is 3.71. The van der Waals surface area contributed by atoms with E-state index in [0.29, 0.717) is 6.04 Å². The molecular weight excluding hydrogens is 326 g/mol. The Morgan fingerprint density at radius 1 is 1.30 bits per heavy atom. The maximum Gasteiger partial charge on any atom is 0.147 e. The van der Waals surface area contributed by atoms with Gasteiger partial charge in [-0.15, -0.1) is 0 Å². The monoisotopic (exact) mass is 346 g/mol. The first kappa shape index (κ1) is 15.7. The largest absolute Gasteiger partial charge is 0.380 e. The van der Waals surface area contributed by atoms with Crippen LogP contribution in [0.2, 0.25) is 0 Å². The Balaban J connectivity index is 1.93. The zero-order valence-electron chi connectivity index (χ0n) is 11.7. The van der Waals surface area contributed by atoms with Crippen molar-refractivity contribution in [3.05, 3.63) is 28.2 Å². The van der Waals surface area contributed by atoms with E-state index in [1.54, 1.807) is 0 Å². The van der Waals surface area contributed by atoms with Crippen LogP contribution in [0.1, 0.15) is 39.0 Å². The molecule has 2 nitrogen and oxygen atoms in total. The van der Waals surface area contributed by atoms with Crippen molar-refractivity contribution in [1.29, 1.82) is 0 Å². The van der Waals surface area contributed by atoms with Crippen LogP contribution in [-0.4, -0.2) is 18.6 Å². The van der Waals surface area contributed by atoms with Crippen molar-refractivity contribution in [2.75, 3.05) is 11.9 Å². The number of nitrogens with one attached hydrogen (secondary N) is 2. The predicted octanol–water partition coefficient (Wildman–Crippen LogP) is 4.45. The van der Waals surface area contributed by atoms with Gasteiger partial charge in [-0.25, -0.2) is 8.78 Å². The summed E-state index contributed by atoms with van der Waals surface area (Å²) in [5.41, 5.74) is 0.229. The second-order valence-electron chi connectivity index (χ2n) is 5.53. The summed E-state index contributed by atoms with van der Waals surface area (Å²) in [5, 5.41) is 6.59. The SMILES string of the molecule is CC(CC1CCCCCN1)Nc1cc(F)c(Br)cc1F. The molecule has 1 aromatic rings. The first-order valence-corrected chi connectivity index (χ1v) is 8.00. The van der Waals surface area contributed by atoms with Crippen LogP contribution in [-0.2, 0) is 0 Å². The Labute approximate surface area is 127 Å². The zero-order valence-corrected chi connectivity index (χ0v) is 13.3. The van der Waals surface area contributed by atoms with Crippen LogP contribution in [0, 0.1) is 11.6 Å². The predicted molar refractivity (Wildman–Crippen MR) is 82.0 cm³/mol. The van der Waals surface area contributed by atoms with Crippen LogP contribution in [0.4, 0.5) is 14.5 Å². The van der Waals surface area contributed by atoms with Gasteiger partial charge in [0.05, 0.1) is 10.2 Å². The van der Waals surface area contributed by atoms with Crippen molar-refractivity contribution in [2.45, 2.75) is 51.1 Å². The first-order valence-electron chi connectivity index (χ1n) is 7.20. The van der Waals surface area contributed by atoms with Gasteiger partial charge in [-0.2, -0.15) is 0 Å². The molecule has 5 heteroatoms. The Bertz CT molecular complexity index is 446. The van der Waals surface area contributed by atoms with Crippen molar-refractivity contribution in [3.63, 3.8) is 0 Å². The van der Waals surface area contributed by atoms with E-state index in [9.17, 15) is 8.78 Å². The van der Waals surface area contributed by atoms with Crippen molar-refractivity contribution >= 4 is 21.6 Å². The molecule has 0 aromatic heterocycles. The van der Waals surface area contributed by atoms with Crippen LogP contribution < -0.4 is 10.6 Å². The average molecular weight is 347 g/mol. The molecule has 0 spiro atoms. The summed E-state index contributed by atoms with van der Waals surface area (Å²) in [7, 11) is 0. The normalized spacial score (nSPS) is 21.3. The van der Waals surface area contributed by atoms with Gasteiger partial charge in [0, 0.05) is 18.2 Å². The maximum atomic E-state index is 13.8. The van der Waals surface area contributed by atoms with Gasteiger partial charge in [-0.1, -0.05) is 12.8 Å². The van der Waals surface area contributed by atoms with Crippen LogP contribution in [0.25, 0.3) is 0 Å². The Hall–Kier alpha value is -0.680. The van der Waals surface area contributed by atoms with Gasteiger partial charge in [-0.3, -0.25) is 0 Å². The fraction of sp³-hybridized carbons (Fsp3) is 0.600. The van der Waals surface area contributed by atoms with Gasteiger partial charge >= 0.3 is 0 Å². The maximum absolute atomic E-state index is 13.8. The highest BCUT2D eigenvalue weighted by Gasteiger charge is 2.16. The quantitative estimate of drug-likeness (QED) is 0.787. The van der Waals surface area contributed by atoms with Crippen molar-refractivity contribution in [2.24, 2.45) is 0 Å². The summed E-state index contributed by atoms with van der Waals surface area (Å²) >= 11 is 2.98. The summed E-state index contributed by atoms with van der Waals surface area (Å²) < 4.78 is 27.4. The molecule has 1 aliphatic heterocycles. The lowest BCUT2D eigenvalue weighted by atomic mass is 10.0. The van der Waals surface area contributed by atoms with E-state index < -0.39 is 11.6 Å². The van der Waals surface area contributed by atoms with Gasteiger partial charge in [-0.05, 0) is 54.7 Å². The minimum Gasteiger partial charge on any atom is -0.380 e. The molecule has 0 radical (unpaired) electrons. The zero-order chi connectivity index (χ0) is 14.5. The minimum absolute atomic E-state index is 0.0978. The molecule has 1 fully saturated rings. The molecule has 112 valence electrons. The summed E-state index contributed by atoms with van der Waals surface area (Å²) in [6.45, 7) is 3.06. The van der Waals surface area contributed by atoms with E-state index >= 15 is 0 Å². The second-order valence-corrected chi connectivity index (χ2v) is 6.38. The molecule has 0 saturated carbocycles. The lowest BCUT2D eigenvalue weighted by Gasteiger charge is -2.22. The van der Waals surface area contributed by atoms with Crippen LogP contribution in [0.15, 0.2) is 16.6 Å². The molecule has 2 unspecified atom stereocenters. The first-order chi connectivity index (χ1) is 9.56. The highest BCUT2D eigenvalue weighted by molar-refractivity contribution is 9.10. The van der Waals surface area contributed by atoms with E-state index in [-0.39, 0.29) is 16.2 Å². The number of anilines is 1. The van der Waals surface area contributed by atoms with Gasteiger partial charge in [0.1, 0.15) is 11.6 Å². The van der Waals surface area contributed by atoms with E-state index in [0.717, 1.165) is 25.5 Å². The molecule has 0 bridgehead atoms. The number of halogens is 3. The molecular formula is C15H21BrF2N2. The molecule has 20 heavy (non-hydrogen) atoms. The third kappa shape index (κ3) is 4.42. The average Bonchev–Trinajstić information content (AvgIpc) is 2.64. The second kappa shape index (κ2) is 7.36. The lowest BCUT2D eigenvalue weighted by molar-refractivity contribution is 0.455. The molecule has 1 aromatic carbocycles. The third-order valence-corrected chi connectivity index (χ3v) is 4.32. The molecule has 2 atom stereocenters. The minimum atomic E-state index is -0.450. The van der Waals surface area contributed by atoms with Crippen molar-refractivity contribution in [1.82, 2.24) is 5.32 Å². The van der Waals surface area contributed by atoms with E-state index in [4.69, 9.17) is 0 Å². The molecule has 2 rings (SSSR count). The van der Waals surface area contributed by atoms with Gasteiger partial charge < -0.3 is 10.6 Å². The summed E-state index contributed by atoms with van der Waals surface area (Å²) in [6.07, 6.45) is 5.81. The number of hydrogen-bond acceptors (Lipinski definition) is 2. The van der Waals surface area contributed by atoms with Crippen molar-refractivity contribution in [3.8, 4) is 0 Å². The van der Waals surface area contributed by atoms with Crippen LogP contribution >= 0.6 is 15.9 Å². The molecule has 1 aliphatic rings. The molecule has 0 aliphatic carbocycles. The number of benzene rings is 1. The Morgan fingerprint density at radius 2 is 2.10 bits per heavy atom. The Morgan fingerprint density at radius 3 is 2.90 bits per heavy atom. The van der Waals surface area contributed by atoms with E-state index in [2.05, 4.69) is 26.6 Å². The fourth-order valence-corrected chi connectivity index (χ4v) is 3.00. The summed E-state index contributed by atoms with van der Waals surface area (Å²) in [4.78, 5) is 0. The summed E-state index contributed by atoms with van der Waals surface area (Å²) in [5.74, 6) is -0.882. The smallest absolute Gasteiger partial charge is 0.147 e. The highest BCUT2D eigenvalue weighted by atomic mass is 79.9. The molecule has 1 saturated heterocycles. The van der Waals surface area contributed by atoms with Gasteiger partial charge in [0.15, 0.2) is 0 Å². The van der Waals surface area contributed by atoms with E-state index in [1.807, 2.05) is 6.92 Å². The van der Waals surface area contributed by atoms with E-state index in [1.165, 1.54) is 25.3 Å². The van der Waals surface area contributed by atoms with Gasteiger partial charge in [0.2, 0.25) is 0 Å². The van der Waals surface area contributed by atoms with Crippen LogP contribution in [0.3, 0.4) is 0 Å². The molecule has 1 heterocycles. The standard InChI is InChI=1S/C15H21BrF2N2/c1-10(7-11-5-3-2-4-6-19-11)20-15-9-13(17)12(16)8-14(15)18/h8-11,19-20H,2-7H2,1H3.